The van der Waals surface area contributed by atoms with E-state index in [9.17, 15) is 19.8 Å². The van der Waals surface area contributed by atoms with Gasteiger partial charge in [0.1, 0.15) is 11.5 Å². The highest BCUT2D eigenvalue weighted by Gasteiger charge is 2.47. The maximum Gasteiger partial charge on any atom is 0.300 e. The lowest BCUT2D eigenvalue weighted by molar-refractivity contribution is -0.132. The van der Waals surface area contributed by atoms with Crippen LogP contribution in [0.4, 0.5) is 5.69 Å². The van der Waals surface area contributed by atoms with E-state index in [1.165, 1.54) is 35.2 Å². The second-order valence-corrected chi connectivity index (χ2v) is 8.20. The van der Waals surface area contributed by atoms with E-state index in [1.807, 2.05) is 0 Å². The molecule has 1 aliphatic heterocycles. The first-order chi connectivity index (χ1) is 14.8. The van der Waals surface area contributed by atoms with E-state index in [0.717, 1.165) is 0 Å². The predicted octanol–water partition coefficient (Wildman–Crippen LogP) is 5.98. The number of nitrogens with zero attached hydrogens (tertiary/aromatic N) is 1. The number of aliphatic hydroxyl groups is 1. The third-order valence-electron chi connectivity index (χ3n) is 4.90. The molecule has 8 heteroatoms. The van der Waals surface area contributed by atoms with Crippen LogP contribution < -0.4 is 4.90 Å². The van der Waals surface area contributed by atoms with Gasteiger partial charge in [-0.2, -0.15) is 0 Å². The fraction of sp³-hybridized carbons (Fsp3) is 0.0435. The molecule has 3 aromatic rings. The van der Waals surface area contributed by atoms with Crippen LogP contribution >= 0.6 is 34.8 Å². The normalized spacial score (nSPS) is 17.9. The van der Waals surface area contributed by atoms with Crippen LogP contribution in [-0.2, 0) is 9.59 Å². The van der Waals surface area contributed by atoms with Crippen molar-refractivity contribution >= 4 is 57.9 Å². The van der Waals surface area contributed by atoms with Gasteiger partial charge in [-0.3, -0.25) is 14.5 Å². The van der Waals surface area contributed by atoms with Crippen LogP contribution in [0.1, 0.15) is 17.2 Å². The summed E-state index contributed by atoms with van der Waals surface area (Å²) in [5.74, 6) is -2.03. The number of phenolic OH excluding ortho intramolecular Hbond substituents is 1. The van der Waals surface area contributed by atoms with Gasteiger partial charge in [0.05, 0.1) is 11.6 Å². The highest BCUT2D eigenvalue weighted by molar-refractivity contribution is 6.52. The highest BCUT2D eigenvalue weighted by Crippen LogP contribution is 2.43. The molecule has 1 fully saturated rings. The number of carbonyl (C=O) groups excluding carboxylic acids is 2. The van der Waals surface area contributed by atoms with E-state index in [2.05, 4.69) is 0 Å². The fourth-order valence-electron chi connectivity index (χ4n) is 3.51. The zero-order valence-electron chi connectivity index (χ0n) is 15.7. The van der Waals surface area contributed by atoms with E-state index in [4.69, 9.17) is 34.8 Å². The van der Waals surface area contributed by atoms with E-state index >= 15 is 0 Å². The number of rotatable bonds is 3. The Bertz CT molecular complexity index is 1200. The minimum Gasteiger partial charge on any atom is -0.508 e. The SMILES string of the molecule is O=C1C(=O)N(c2cc(Cl)cc(Cl)c2)C(c2ccc(O)cc2)/C1=C(\O)c1ccc(Cl)cc1. The van der Waals surface area contributed by atoms with Gasteiger partial charge in [-0.15, -0.1) is 0 Å². The molecule has 0 saturated carbocycles. The van der Waals surface area contributed by atoms with Crippen molar-refractivity contribution in [3.63, 3.8) is 0 Å². The molecule has 0 aliphatic carbocycles. The lowest BCUT2D eigenvalue weighted by atomic mass is 9.95. The summed E-state index contributed by atoms with van der Waals surface area (Å²) in [4.78, 5) is 27.3. The standard InChI is InChI=1S/C23H14Cl3NO4/c24-14-5-1-13(2-6-14)21(29)19-20(12-3-7-18(28)8-4-12)27(23(31)22(19)30)17-10-15(25)9-16(26)11-17/h1-11,20,28-29H/b21-19+. The van der Waals surface area contributed by atoms with Crippen molar-refractivity contribution < 1.29 is 19.8 Å². The molecular weight excluding hydrogens is 461 g/mol. The van der Waals surface area contributed by atoms with Crippen molar-refractivity contribution in [1.82, 2.24) is 0 Å². The summed E-state index contributed by atoms with van der Waals surface area (Å²) >= 11 is 18.2. The Balaban J connectivity index is 1.96. The van der Waals surface area contributed by atoms with Crippen molar-refractivity contribution in [2.45, 2.75) is 6.04 Å². The molecule has 0 radical (unpaired) electrons. The lowest BCUT2D eigenvalue weighted by Gasteiger charge is -2.25. The summed E-state index contributed by atoms with van der Waals surface area (Å²) in [6, 6.07) is 15.8. The molecule has 1 unspecified atom stereocenters. The van der Waals surface area contributed by atoms with Gasteiger partial charge < -0.3 is 10.2 Å². The summed E-state index contributed by atoms with van der Waals surface area (Å²) in [7, 11) is 0. The first kappa shape index (κ1) is 21.2. The largest absolute Gasteiger partial charge is 0.508 e. The van der Waals surface area contributed by atoms with E-state index in [-0.39, 0.29) is 27.1 Å². The Kier molecular flexibility index (Phi) is 5.67. The molecule has 0 aromatic heterocycles. The van der Waals surface area contributed by atoms with Gasteiger partial charge in [-0.1, -0.05) is 46.9 Å². The van der Waals surface area contributed by atoms with Crippen molar-refractivity contribution in [2.24, 2.45) is 0 Å². The Morgan fingerprint density at radius 1 is 0.806 bits per heavy atom. The third kappa shape index (κ3) is 4.00. The van der Waals surface area contributed by atoms with E-state index in [0.29, 0.717) is 21.8 Å². The van der Waals surface area contributed by atoms with Crippen molar-refractivity contribution in [3.05, 3.63) is 98.5 Å². The number of hydrogen-bond donors (Lipinski definition) is 2. The molecule has 5 nitrogen and oxygen atoms in total. The highest BCUT2D eigenvalue weighted by atomic mass is 35.5. The van der Waals surface area contributed by atoms with Crippen LogP contribution in [0.5, 0.6) is 5.75 Å². The van der Waals surface area contributed by atoms with Gasteiger partial charge in [0.15, 0.2) is 0 Å². The molecule has 1 aliphatic rings. The number of carbonyl (C=O) groups is 2. The molecule has 3 aromatic carbocycles. The molecule has 1 saturated heterocycles. The lowest BCUT2D eigenvalue weighted by Crippen LogP contribution is -2.29. The number of Topliss-reactive ketones (excluding diaryl/α,β-unsaturated/α-hetero) is 1. The number of halogens is 3. The molecule has 4 rings (SSSR count). The van der Waals surface area contributed by atoms with Crippen molar-refractivity contribution in [1.29, 1.82) is 0 Å². The molecule has 1 atom stereocenters. The number of aromatic hydroxyl groups is 1. The van der Waals surface area contributed by atoms with Crippen LogP contribution in [0.25, 0.3) is 5.76 Å². The smallest absolute Gasteiger partial charge is 0.300 e. The number of benzene rings is 3. The molecule has 1 heterocycles. The molecule has 0 bridgehead atoms. The summed E-state index contributed by atoms with van der Waals surface area (Å²) in [6.07, 6.45) is 0. The zero-order chi connectivity index (χ0) is 22.3. The molecule has 1 amide bonds. The van der Waals surface area contributed by atoms with E-state index < -0.39 is 17.7 Å². The van der Waals surface area contributed by atoms with Gasteiger partial charge in [0.25, 0.3) is 11.7 Å². The molecule has 2 N–H and O–H groups in total. The summed E-state index contributed by atoms with van der Waals surface area (Å²) in [5.41, 5.74) is 1.03. The van der Waals surface area contributed by atoms with Gasteiger partial charge in [0, 0.05) is 26.3 Å². The number of aliphatic hydroxyl groups excluding tert-OH is 1. The summed E-state index contributed by atoms with van der Waals surface area (Å²) in [5, 5.41) is 21.7. The number of amides is 1. The Morgan fingerprint density at radius 2 is 1.39 bits per heavy atom. The number of anilines is 1. The fourth-order valence-corrected chi connectivity index (χ4v) is 4.15. The van der Waals surface area contributed by atoms with Crippen LogP contribution in [0.15, 0.2) is 72.3 Å². The van der Waals surface area contributed by atoms with Gasteiger partial charge in [-0.25, -0.2) is 0 Å². The Labute approximate surface area is 192 Å². The summed E-state index contributed by atoms with van der Waals surface area (Å²) in [6.45, 7) is 0. The van der Waals surface area contributed by atoms with Gasteiger partial charge >= 0.3 is 0 Å². The Morgan fingerprint density at radius 3 is 1.97 bits per heavy atom. The minimum atomic E-state index is -0.967. The van der Waals surface area contributed by atoms with Crippen LogP contribution in [0, 0.1) is 0 Å². The molecule has 31 heavy (non-hydrogen) atoms. The first-order valence-electron chi connectivity index (χ1n) is 9.08. The quantitative estimate of drug-likeness (QED) is 0.278. The minimum absolute atomic E-state index is 0.0178. The first-order valence-corrected chi connectivity index (χ1v) is 10.2. The average molecular weight is 475 g/mol. The predicted molar refractivity (Wildman–Crippen MR) is 121 cm³/mol. The maximum atomic E-state index is 13.1. The van der Waals surface area contributed by atoms with Crippen LogP contribution in [-0.4, -0.2) is 21.9 Å². The van der Waals surface area contributed by atoms with Gasteiger partial charge in [-0.05, 0) is 60.2 Å². The monoisotopic (exact) mass is 473 g/mol. The average Bonchev–Trinajstić information content (AvgIpc) is 2.99. The Hall–Kier alpha value is -2.99. The molecular formula is C23H14Cl3NO4. The number of hydrogen-bond acceptors (Lipinski definition) is 4. The van der Waals surface area contributed by atoms with Crippen LogP contribution in [0.2, 0.25) is 15.1 Å². The second-order valence-electron chi connectivity index (χ2n) is 6.90. The van der Waals surface area contributed by atoms with Crippen molar-refractivity contribution in [3.8, 4) is 5.75 Å². The summed E-state index contributed by atoms with van der Waals surface area (Å²) < 4.78 is 0. The van der Waals surface area contributed by atoms with Crippen LogP contribution in [0.3, 0.4) is 0 Å². The topological polar surface area (TPSA) is 77.8 Å². The number of phenols is 1. The van der Waals surface area contributed by atoms with E-state index in [1.54, 1.807) is 36.4 Å². The second kappa shape index (κ2) is 8.27. The molecule has 0 spiro atoms. The molecule has 156 valence electrons. The maximum absolute atomic E-state index is 13.1. The third-order valence-corrected chi connectivity index (χ3v) is 5.58. The van der Waals surface area contributed by atoms with Gasteiger partial charge in [0.2, 0.25) is 0 Å². The zero-order valence-corrected chi connectivity index (χ0v) is 18.0. The van der Waals surface area contributed by atoms with Crippen molar-refractivity contribution in [2.75, 3.05) is 4.90 Å². The number of ketones is 1.